The fourth-order valence-electron chi connectivity index (χ4n) is 4.55. The average Bonchev–Trinajstić information content (AvgIpc) is 3.42. The molecule has 3 aromatic rings. The van der Waals surface area contributed by atoms with Gasteiger partial charge in [-0.25, -0.2) is 44.3 Å². The van der Waals surface area contributed by atoms with E-state index in [0.29, 0.717) is 21.9 Å². The summed E-state index contributed by atoms with van der Waals surface area (Å²) in [5, 5.41) is 2.54. The van der Waals surface area contributed by atoms with E-state index in [1.165, 1.54) is 6.92 Å². The highest BCUT2D eigenvalue weighted by Gasteiger charge is 2.63. The number of nitrogens with one attached hydrogen (secondary N) is 1. The maximum Gasteiger partial charge on any atom is 0.326 e. The zero-order valence-corrected chi connectivity index (χ0v) is 20.1. The van der Waals surface area contributed by atoms with Crippen molar-refractivity contribution in [1.82, 2.24) is 14.8 Å². The Morgan fingerprint density at radius 2 is 1.78 bits per heavy atom. The quantitative estimate of drug-likeness (QED) is 0.464. The zero-order valence-electron chi connectivity index (χ0n) is 18.5. The molecule has 2 fully saturated rings. The second-order valence-electron chi connectivity index (χ2n) is 8.48. The molecular weight excluding hydrogens is 554 g/mol. The summed E-state index contributed by atoms with van der Waals surface area (Å²) in [6, 6.07) is -3.25. The summed E-state index contributed by atoms with van der Waals surface area (Å²) in [6.07, 6.45) is 0. The first kappa shape index (κ1) is 25.6. The van der Waals surface area contributed by atoms with E-state index < -0.39 is 104 Å². The average molecular weight is 569 g/mol. The maximum atomic E-state index is 15.2. The van der Waals surface area contributed by atoms with Gasteiger partial charge in [-0.15, -0.1) is 0 Å². The molecule has 0 saturated carbocycles. The summed E-state index contributed by atoms with van der Waals surface area (Å²) < 4.78 is 119. The Kier molecular flexibility index (Phi) is 5.88. The molecule has 0 bridgehead atoms. The van der Waals surface area contributed by atoms with Gasteiger partial charge >= 0.3 is 6.03 Å². The monoisotopic (exact) mass is 568 g/mol. The van der Waals surface area contributed by atoms with E-state index in [1.807, 2.05) is 4.72 Å². The number of rotatable bonds is 5. The van der Waals surface area contributed by atoms with Crippen LogP contribution < -0.4 is 9.62 Å². The van der Waals surface area contributed by atoms with Crippen LogP contribution in [0.15, 0.2) is 22.7 Å². The summed E-state index contributed by atoms with van der Waals surface area (Å²) in [6.45, 7) is -0.166. The van der Waals surface area contributed by atoms with Crippen molar-refractivity contribution < 1.29 is 44.1 Å². The number of urea groups is 1. The highest BCUT2D eigenvalue weighted by atomic mass is 35.5. The summed E-state index contributed by atoms with van der Waals surface area (Å²) in [7, 11) is -4.03. The molecule has 0 aliphatic carbocycles. The molecule has 0 radical (unpaired) electrons. The van der Waals surface area contributed by atoms with Gasteiger partial charge in [0, 0.05) is 30.3 Å². The normalized spacial score (nSPS) is 21.4. The Morgan fingerprint density at radius 1 is 1.14 bits per heavy atom. The molecule has 8 nitrogen and oxygen atoms in total. The van der Waals surface area contributed by atoms with Crippen LogP contribution in [0.5, 0.6) is 0 Å². The Morgan fingerprint density at radius 3 is 2.38 bits per heavy atom. The molecule has 2 aromatic carbocycles. The van der Waals surface area contributed by atoms with Crippen molar-refractivity contribution in [2.75, 3.05) is 23.7 Å². The Labute approximate surface area is 209 Å². The smallest absolute Gasteiger partial charge is 0.326 e. The first-order valence-electron chi connectivity index (χ1n) is 10.6. The van der Waals surface area contributed by atoms with Crippen molar-refractivity contribution in [2.24, 2.45) is 0 Å². The highest BCUT2D eigenvalue weighted by Crippen LogP contribution is 2.46. The Bertz CT molecular complexity index is 1540. The van der Waals surface area contributed by atoms with Crippen LogP contribution in [0.2, 0.25) is 5.02 Å². The van der Waals surface area contributed by atoms with Crippen LogP contribution in [-0.4, -0.2) is 61.4 Å². The molecule has 2 saturated heterocycles. The predicted octanol–water partition coefficient (Wildman–Crippen LogP) is 4.27. The molecule has 2 amide bonds. The number of amides is 2. The molecule has 2 atom stereocenters. The third-order valence-electron chi connectivity index (χ3n) is 6.35. The number of carbonyl (C=O) groups is 1. The number of sulfonamides is 1. The third-order valence-corrected chi connectivity index (χ3v) is 8.03. The van der Waals surface area contributed by atoms with Gasteiger partial charge in [-0.05, 0) is 6.92 Å². The van der Waals surface area contributed by atoms with E-state index in [4.69, 9.17) is 16.1 Å². The predicted molar refractivity (Wildman–Crippen MR) is 119 cm³/mol. The van der Waals surface area contributed by atoms with Gasteiger partial charge in [-0.3, -0.25) is 4.90 Å². The van der Waals surface area contributed by atoms with Crippen LogP contribution in [0.4, 0.5) is 37.0 Å². The maximum absolute atomic E-state index is 15.2. The lowest BCUT2D eigenvalue weighted by molar-refractivity contribution is -0.0324. The topological polar surface area (TPSA) is 95.8 Å². The lowest BCUT2D eigenvalue weighted by atomic mass is 9.99. The third kappa shape index (κ3) is 3.90. The number of halogens is 7. The van der Waals surface area contributed by atoms with Crippen LogP contribution in [0.1, 0.15) is 6.92 Å². The molecule has 1 N–H and O–H groups in total. The Balaban J connectivity index is 1.61. The largest absolute Gasteiger partial charge is 0.354 e. The van der Waals surface area contributed by atoms with Gasteiger partial charge in [-0.2, -0.15) is 0 Å². The molecule has 2 aliphatic rings. The minimum atomic E-state index is -4.03. The van der Waals surface area contributed by atoms with Crippen LogP contribution in [-0.2, 0) is 10.0 Å². The van der Waals surface area contributed by atoms with Gasteiger partial charge < -0.3 is 9.42 Å². The van der Waals surface area contributed by atoms with Gasteiger partial charge in [0.25, 0.3) is 5.92 Å². The van der Waals surface area contributed by atoms with E-state index in [0.717, 1.165) is 6.07 Å². The highest BCUT2D eigenvalue weighted by molar-refractivity contribution is 7.89. The molecule has 1 aromatic heterocycles. The van der Waals surface area contributed by atoms with E-state index in [-0.39, 0.29) is 5.58 Å². The molecule has 2 aliphatic heterocycles. The van der Waals surface area contributed by atoms with Crippen molar-refractivity contribution >= 4 is 44.4 Å². The van der Waals surface area contributed by atoms with Gasteiger partial charge in [0.05, 0.1) is 28.3 Å². The molecular formula is C21H15ClF6N4O4S. The van der Waals surface area contributed by atoms with Crippen molar-refractivity contribution in [2.45, 2.75) is 24.9 Å². The number of anilines is 1. The van der Waals surface area contributed by atoms with Gasteiger partial charge in [0.2, 0.25) is 10.0 Å². The van der Waals surface area contributed by atoms with E-state index in [9.17, 15) is 26.4 Å². The van der Waals surface area contributed by atoms with E-state index in [2.05, 4.69) is 5.16 Å². The first-order valence-corrected chi connectivity index (χ1v) is 12.7. The first-order chi connectivity index (χ1) is 17.3. The summed E-state index contributed by atoms with van der Waals surface area (Å²) in [5.74, 6) is -10.3. The SMILES string of the molecule is CCS(=O)(=O)N[C@@H]1CN2C(=O)N(c3noc4cc(Cl)c(F)c(-c5c(F)cc(F)cc5F)c34)C[C@@H]2C1(F)F. The Hall–Kier alpha value is -3.04. The van der Waals surface area contributed by atoms with Crippen LogP contribution in [0.25, 0.3) is 22.1 Å². The van der Waals surface area contributed by atoms with Crippen molar-refractivity contribution in [1.29, 1.82) is 0 Å². The van der Waals surface area contributed by atoms with Crippen molar-refractivity contribution in [3.05, 3.63) is 46.5 Å². The minimum absolute atomic E-state index is 0.299. The standard InChI is InChI=1S/C21H15ClF6N4O4S/c1-2-37(34,35)30-13-6-31-14(21(13,27)28)7-32(20(31)33)19-16-12(36-29-19)5-9(22)18(26)17(16)15-10(24)3-8(23)4-11(15)25/h3-5,13-14,30H,2,6-7H2,1H3/t13-,14-/m1/s1. The number of benzene rings is 2. The second-order valence-corrected chi connectivity index (χ2v) is 10.9. The summed E-state index contributed by atoms with van der Waals surface area (Å²) >= 11 is 5.85. The number of hydrogen-bond acceptors (Lipinski definition) is 5. The number of hydrogen-bond donors (Lipinski definition) is 1. The number of aromatic nitrogens is 1. The number of fused-ring (bicyclic) bond motifs is 2. The van der Waals surface area contributed by atoms with Gasteiger partial charge in [0.1, 0.15) is 29.5 Å². The van der Waals surface area contributed by atoms with Crippen LogP contribution in [0, 0.1) is 23.3 Å². The number of nitrogens with zero attached hydrogens (tertiary/aromatic N) is 3. The molecule has 3 heterocycles. The van der Waals surface area contributed by atoms with E-state index in [1.54, 1.807) is 0 Å². The lowest BCUT2D eigenvalue weighted by Crippen LogP contribution is -2.51. The molecule has 37 heavy (non-hydrogen) atoms. The van der Waals surface area contributed by atoms with E-state index >= 15 is 13.2 Å². The summed E-state index contributed by atoms with van der Waals surface area (Å²) in [5.41, 5.74) is -2.23. The van der Waals surface area contributed by atoms with Gasteiger partial charge in [-0.1, -0.05) is 16.8 Å². The molecule has 16 heteroatoms. The zero-order chi connectivity index (χ0) is 27.0. The van der Waals surface area contributed by atoms with Crippen LogP contribution in [0.3, 0.4) is 0 Å². The fourth-order valence-corrected chi connectivity index (χ4v) is 5.58. The minimum Gasteiger partial charge on any atom is -0.354 e. The fraction of sp³-hybridized carbons (Fsp3) is 0.333. The molecule has 198 valence electrons. The van der Waals surface area contributed by atoms with Gasteiger partial charge in [0.15, 0.2) is 17.2 Å². The molecule has 0 unspecified atom stereocenters. The lowest BCUT2D eigenvalue weighted by Gasteiger charge is -2.23. The van der Waals surface area contributed by atoms with Crippen molar-refractivity contribution in [3.8, 4) is 11.1 Å². The molecule has 0 spiro atoms. The molecule has 5 rings (SSSR count). The number of carbonyl (C=O) groups excluding carboxylic acids is 1. The summed E-state index contributed by atoms with van der Waals surface area (Å²) in [4.78, 5) is 14.5. The second kappa shape index (κ2) is 8.49. The van der Waals surface area contributed by atoms with Crippen molar-refractivity contribution in [3.63, 3.8) is 0 Å². The van der Waals surface area contributed by atoms with Crippen LogP contribution >= 0.6 is 11.6 Å². The number of alkyl halides is 2.